The van der Waals surface area contributed by atoms with Crippen LogP contribution < -0.4 is 0 Å². The van der Waals surface area contributed by atoms with Crippen molar-refractivity contribution < 1.29 is 18.7 Å². The maximum Gasteiger partial charge on any atom is 0.242 e. The van der Waals surface area contributed by atoms with Crippen LogP contribution in [0.2, 0.25) is 0 Å². The summed E-state index contributed by atoms with van der Waals surface area (Å²) in [6, 6.07) is 13.8. The van der Waals surface area contributed by atoms with E-state index >= 15 is 0 Å². The van der Waals surface area contributed by atoms with Crippen molar-refractivity contribution in [3.63, 3.8) is 0 Å². The van der Waals surface area contributed by atoms with Gasteiger partial charge in [0, 0.05) is 26.6 Å². The van der Waals surface area contributed by atoms with Crippen LogP contribution in [0.4, 0.5) is 0 Å². The number of rotatable bonds is 16. The molecule has 6 heteroatoms. The van der Waals surface area contributed by atoms with E-state index in [4.69, 9.17) is 9.15 Å². The van der Waals surface area contributed by atoms with Crippen LogP contribution in [0, 0.1) is 0 Å². The monoisotopic (exact) mass is 442 g/mol. The number of nitrogens with zero attached hydrogens (tertiary/aromatic N) is 2. The van der Waals surface area contributed by atoms with Crippen molar-refractivity contribution in [3.05, 3.63) is 60.1 Å². The van der Waals surface area contributed by atoms with Crippen LogP contribution in [0.1, 0.15) is 56.8 Å². The van der Waals surface area contributed by atoms with Crippen molar-refractivity contribution >= 4 is 11.8 Å². The summed E-state index contributed by atoms with van der Waals surface area (Å²) in [5.74, 6) is 0.678. The zero-order valence-electron chi connectivity index (χ0n) is 19.6. The van der Waals surface area contributed by atoms with Gasteiger partial charge < -0.3 is 19.0 Å². The molecule has 2 rings (SSSR count). The second-order valence-electron chi connectivity index (χ2n) is 8.10. The summed E-state index contributed by atoms with van der Waals surface area (Å²) in [4.78, 5) is 29.5. The lowest BCUT2D eigenvalue weighted by atomic mass is 10.1. The van der Waals surface area contributed by atoms with Crippen LogP contribution in [0.15, 0.2) is 53.1 Å². The number of benzene rings is 1. The molecule has 0 N–H and O–H groups in total. The molecule has 0 saturated carbocycles. The van der Waals surface area contributed by atoms with E-state index in [2.05, 4.69) is 19.1 Å². The van der Waals surface area contributed by atoms with E-state index < -0.39 is 0 Å². The second kappa shape index (κ2) is 15.2. The number of hydrogen-bond acceptors (Lipinski definition) is 4. The molecule has 2 aromatic rings. The first-order valence-electron chi connectivity index (χ1n) is 11.7. The number of furan rings is 1. The Kier molecular flexibility index (Phi) is 12.2. The fraction of sp³-hybridized carbons (Fsp3) is 0.538. The molecule has 0 spiro atoms. The largest absolute Gasteiger partial charge is 0.467 e. The zero-order valence-corrected chi connectivity index (χ0v) is 19.6. The van der Waals surface area contributed by atoms with Gasteiger partial charge in [0.05, 0.1) is 26.0 Å². The molecule has 0 fully saturated rings. The molecule has 0 radical (unpaired) electrons. The van der Waals surface area contributed by atoms with Gasteiger partial charge in [0.25, 0.3) is 0 Å². The smallest absolute Gasteiger partial charge is 0.242 e. The Bertz CT molecular complexity index is 761. The van der Waals surface area contributed by atoms with Gasteiger partial charge in [-0.2, -0.15) is 0 Å². The van der Waals surface area contributed by atoms with Crippen LogP contribution >= 0.6 is 0 Å². The normalized spacial score (nSPS) is 10.8. The molecule has 0 aliphatic carbocycles. The first kappa shape index (κ1) is 25.7. The van der Waals surface area contributed by atoms with Crippen LogP contribution in [-0.2, 0) is 27.3 Å². The SMILES string of the molecule is CCCCCCCC(=O)N(CCOC)CC(=O)N(CCc1ccccc1)Cc1ccco1. The van der Waals surface area contributed by atoms with E-state index in [9.17, 15) is 9.59 Å². The van der Waals surface area contributed by atoms with Crippen molar-refractivity contribution in [1.29, 1.82) is 0 Å². The van der Waals surface area contributed by atoms with E-state index in [1.165, 1.54) is 18.4 Å². The number of methoxy groups -OCH3 is 1. The quantitative estimate of drug-likeness (QED) is 0.354. The predicted octanol–water partition coefficient (Wildman–Crippen LogP) is 4.69. The summed E-state index contributed by atoms with van der Waals surface area (Å²) in [6.07, 6.45) is 8.27. The summed E-state index contributed by atoms with van der Waals surface area (Å²) in [6.45, 7) is 4.03. The van der Waals surface area contributed by atoms with Crippen molar-refractivity contribution in [2.75, 3.05) is 33.4 Å². The molecule has 0 atom stereocenters. The number of carbonyl (C=O) groups excluding carboxylic acids is 2. The van der Waals surface area contributed by atoms with Gasteiger partial charge in [-0.25, -0.2) is 0 Å². The fourth-order valence-corrected chi connectivity index (χ4v) is 3.59. The van der Waals surface area contributed by atoms with E-state index in [0.29, 0.717) is 32.7 Å². The Labute approximate surface area is 192 Å². The lowest BCUT2D eigenvalue weighted by molar-refractivity contribution is -0.141. The lowest BCUT2D eigenvalue weighted by Crippen LogP contribution is -2.44. The Hall–Kier alpha value is -2.60. The third-order valence-electron chi connectivity index (χ3n) is 5.53. The number of hydrogen-bond donors (Lipinski definition) is 0. The summed E-state index contributed by atoms with van der Waals surface area (Å²) < 4.78 is 10.7. The van der Waals surface area contributed by atoms with E-state index in [-0.39, 0.29) is 18.4 Å². The summed E-state index contributed by atoms with van der Waals surface area (Å²) in [5.41, 5.74) is 1.17. The molecule has 0 aliphatic rings. The highest BCUT2D eigenvalue weighted by Gasteiger charge is 2.22. The highest BCUT2D eigenvalue weighted by Crippen LogP contribution is 2.11. The van der Waals surface area contributed by atoms with Gasteiger partial charge in [0.2, 0.25) is 11.8 Å². The van der Waals surface area contributed by atoms with Crippen LogP contribution in [0.5, 0.6) is 0 Å². The molecule has 0 bridgehead atoms. The average Bonchev–Trinajstić information content (AvgIpc) is 3.32. The number of carbonyl (C=O) groups is 2. The Morgan fingerprint density at radius 3 is 2.38 bits per heavy atom. The predicted molar refractivity (Wildman–Crippen MR) is 126 cm³/mol. The van der Waals surface area contributed by atoms with Gasteiger partial charge in [-0.3, -0.25) is 9.59 Å². The molecule has 0 unspecified atom stereocenters. The van der Waals surface area contributed by atoms with Crippen LogP contribution in [0.3, 0.4) is 0 Å². The third kappa shape index (κ3) is 9.69. The van der Waals surface area contributed by atoms with Gasteiger partial charge in [-0.05, 0) is 30.5 Å². The van der Waals surface area contributed by atoms with Crippen LogP contribution in [0.25, 0.3) is 0 Å². The molecule has 176 valence electrons. The first-order chi connectivity index (χ1) is 15.6. The maximum atomic E-state index is 13.2. The minimum absolute atomic E-state index is 0.0212. The van der Waals surface area contributed by atoms with Gasteiger partial charge in [0.1, 0.15) is 5.76 Å². The van der Waals surface area contributed by atoms with Gasteiger partial charge in [-0.1, -0.05) is 62.9 Å². The third-order valence-corrected chi connectivity index (χ3v) is 5.53. The molecule has 1 aromatic heterocycles. The van der Waals surface area contributed by atoms with Crippen LogP contribution in [-0.4, -0.2) is 55.0 Å². The van der Waals surface area contributed by atoms with Crippen molar-refractivity contribution in [2.24, 2.45) is 0 Å². The number of amides is 2. The highest BCUT2D eigenvalue weighted by atomic mass is 16.5. The molecule has 0 saturated heterocycles. The van der Waals surface area contributed by atoms with E-state index in [1.54, 1.807) is 23.2 Å². The minimum Gasteiger partial charge on any atom is -0.467 e. The minimum atomic E-state index is -0.0761. The average molecular weight is 443 g/mol. The molecule has 0 aliphatic heterocycles. The standard InChI is InChI=1S/C26H38N2O4/c1-3-4-5-6-10-15-25(29)28(18-20-31-2)22-26(30)27(21-24-14-11-19-32-24)17-16-23-12-8-7-9-13-23/h7-9,11-14,19H,3-6,10,15-18,20-22H2,1-2H3. The topological polar surface area (TPSA) is 63.0 Å². The molecule has 2 amide bonds. The summed E-state index contributed by atoms with van der Waals surface area (Å²) in [7, 11) is 1.61. The maximum absolute atomic E-state index is 13.2. The molecular weight excluding hydrogens is 404 g/mol. The van der Waals surface area contributed by atoms with Crippen molar-refractivity contribution in [1.82, 2.24) is 9.80 Å². The summed E-state index contributed by atoms with van der Waals surface area (Å²) in [5, 5.41) is 0. The van der Waals surface area contributed by atoms with E-state index in [0.717, 1.165) is 31.4 Å². The Balaban J connectivity index is 1.98. The second-order valence-corrected chi connectivity index (χ2v) is 8.10. The highest BCUT2D eigenvalue weighted by molar-refractivity contribution is 5.84. The van der Waals surface area contributed by atoms with Crippen molar-refractivity contribution in [2.45, 2.75) is 58.4 Å². The molecule has 6 nitrogen and oxygen atoms in total. The lowest BCUT2D eigenvalue weighted by Gasteiger charge is -2.27. The molecule has 32 heavy (non-hydrogen) atoms. The van der Waals surface area contributed by atoms with Gasteiger partial charge >= 0.3 is 0 Å². The zero-order chi connectivity index (χ0) is 23.0. The van der Waals surface area contributed by atoms with Crippen molar-refractivity contribution in [3.8, 4) is 0 Å². The molecule has 1 aromatic carbocycles. The summed E-state index contributed by atoms with van der Waals surface area (Å²) >= 11 is 0. The first-order valence-corrected chi connectivity index (χ1v) is 11.7. The van der Waals surface area contributed by atoms with Gasteiger partial charge in [-0.15, -0.1) is 0 Å². The molecule has 1 heterocycles. The van der Waals surface area contributed by atoms with Gasteiger partial charge in [0.15, 0.2) is 0 Å². The molecular formula is C26H38N2O4. The number of ether oxygens (including phenoxy) is 1. The Morgan fingerprint density at radius 1 is 0.906 bits per heavy atom. The Morgan fingerprint density at radius 2 is 1.69 bits per heavy atom. The number of unbranched alkanes of at least 4 members (excludes halogenated alkanes) is 4. The fourth-order valence-electron chi connectivity index (χ4n) is 3.59. The van der Waals surface area contributed by atoms with E-state index in [1.807, 2.05) is 30.3 Å².